The summed E-state index contributed by atoms with van der Waals surface area (Å²) >= 11 is 1.77. The minimum absolute atomic E-state index is 0.279. The summed E-state index contributed by atoms with van der Waals surface area (Å²) in [5, 5.41) is 3.13. The summed E-state index contributed by atoms with van der Waals surface area (Å²) in [4.78, 5) is 15.9. The summed E-state index contributed by atoms with van der Waals surface area (Å²) in [6.07, 6.45) is 3.45. The third-order valence-electron chi connectivity index (χ3n) is 5.14. The van der Waals surface area contributed by atoms with Crippen LogP contribution in [0.4, 0.5) is 0 Å². The van der Waals surface area contributed by atoms with E-state index in [0.717, 1.165) is 49.9 Å². The average molecular weight is 384 g/mol. The normalized spacial score (nSPS) is 17.2. The van der Waals surface area contributed by atoms with Gasteiger partial charge in [-0.3, -0.25) is 4.90 Å². The number of hydrogen-bond donors (Lipinski definition) is 0. The monoisotopic (exact) mass is 383 g/mol. The number of thiophene rings is 1. The Balaban J connectivity index is 1.63. The molecule has 4 rings (SSSR count). The number of nitrogens with zero attached hydrogens (tertiary/aromatic N) is 1. The van der Waals surface area contributed by atoms with E-state index in [2.05, 4.69) is 41.5 Å². The van der Waals surface area contributed by atoms with Gasteiger partial charge in [-0.05, 0) is 47.9 Å². The van der Waals surface area contributed by atoms with Gasteiger partial charge >= 0.3 is 5.63 Å². The maximum absolute atomic E-state index is 12.1. The summed E-state index contributed by atoms with van der Waals surface area (Å²) in [6, 6.07) is 12.1. The van der Waals surface area contributed by atoms with Crippen molar-refractivity contribution in [1.82, 2.24) is 4.90 Å². The van der Waals surface area contributed by atoms with E-state index in [1.807, 2.05) is 6.07 Å². The molecule has 27 heavy (non-hydrogen) atoms. The molecule has 0 spiro atoms. The first-order valence-electron chi connectivity index (χ1n) is 9.63. The molecule has 0 saturated carbocycles. The second-order valence-corrected chi connectivity index (χ2v) is 8.19. The van der Waals surface area contributed by atoms with Crippen molar-refractivity contribution in [2.75, 3.05) is 13.2 Å². The molecule has 1 aliphatic rings. The fraction of sp³-hybridized carbons (Fsp3) is 0.409. The van der Waals surface area contributed by atoms with E-state index in [1.165, 1.54) is 10.4 Å². The standard InChI is InChI=1S/C22H25NO3S/c1-2-16-7-8-20-17(12-22(24)26-21(20)11-16)13-23(14-18-5-3-9-25-18)15-19-6-4-10-27-19/h4,6-8,10-12,18H,2-3,5,9,13-15H2,1H3/t18-/m1/s1. The average Bonchev–Trinajstić information content (AvgIpc) is 3.35. The molecule has 0 amide bonds. The molecule has 1 aromatic carbocycles. The molecule has 2 aromatic heterocycles. The van der Waals surface area contributed by atoms with Crippen molar-refractivity contribution < 1.29 is 9.15 Å². The fourth-order valence-electron chi connectivity index (χ4n) is 3.75. The van der Waals surface area contributed by atoms with Crippen molar-refractivity contribution in [3.05, 3.63) is 68.2 Å². The zero-order chi connectivity index (χ0) is 18.6. The molecule has 0 aliphatic carbocycles. The Hall–Kier alpha value is -1.95. The molecule has 3 aromatic rings. The van der Waals surface area contributed by atoms with Crippen molar-refractivity contribution in [3.8, 4) is 0 Å². The summed E-state index contributed by atoms with van der Waals surface area (Å²) in [5.74, 6) is 0. The molecule has 0 unspecified atom stereocenters. The Morgan fingerprint density at radius 2 is 2.15 bits per heavy atom. The maximum atomic E-state index is 12.1. The van der Waals surface area contributed by atoms with Crippen molar-refractivity contribution in [1.29, 1.82) is 0 Å². The molecule has 0 radical (unpaired) electrons. The molecule has 1 saturated heterocycles. The highest BCUT2D eigenvalue weighted by molar-refractivity contribution is 7.09. The summed E-state index contributed by atoms with van der Waals surface area (Å²) in [6.45, 7) is 5.42. The van der Waals surface area contributed by atoms with Gasteiger partial charge in [-0.2, -0.15) is 0 Å². The molecule has 1 aliphatic heterocycles. The van der Waals surface area contributed by atoms with E-state index in [1.54, 1.807) is 17.4 Å². The Bertz CT molecular complexity index is 942. The van der Waals surface area contributed by atoms with E-state index < -0.39 is 0 Å². The van der Waals surface area contributed by atoms with Crippen molar-refractivity contribution in [3.63, 3.8) is 0 Å². The van der Waals surface area contributed by atoms with Crippen molar-refractivity contribution in [2.45, 2.75) is 45.4 Å². The molecule has 0 N–H and O–H groups in total. The van der Waals surface area contributed by atoms with Crippen LogP contribution in [0.15, 0.2) is 51.0 Å². The third kappa shape index (κ3) is 4.49. The first-order valence-corrected chi connectivity index (χ1v) is 10.5. The van der Waals surface area contributed by atoms with Gasteiger partial charge in [0, 0.05) is 42.6 Å². The second kappa shape index (κ2) is 8.38. The Morgan fingerprint density at radius 3 is 2.89 bits per heavy atom. The highest BCUT2D eigenvalue weighted by Gasteiger charge is 2.21. The lowest BCUT2D eigenvalue weighted by molar-refractivity contribution is 0.0683. The van der Waals surface area contributed by atoms with E-state index in [-0.39, 0.29) is 11.7 Å². The molecular weight excluding hydrogens is 358 g/mol. The van der Waals surface area contributed by atoms with Gasteiger partial charge in [0.25, 0.3) is 0 Å². The lowest BCUT2D eigenvalue weighted by Gasteiger charge is -2.25. The Labute approximate surface area is 163 Å². The lowest BCUT2D eigenvalue weighted by Crippen LogP contribution is -2.31. The minimum atomic E-state index is -0.279. The van der Waals surface area contributed by atoms with Gasteiger partial charge in [-0.15, -0.1) is 11.3 Å². The molecule has 0 bridgehead atoms. The smallest absolute Gasteiger partial charge is 0.336 e. The quantitative estimate of drug-likeness (QED) is 0.559. The fourth-order valence-corrected chi connectivity index (χ4v) is 4.50. The van der Waals surface area contributed by atoms with E-state index in [9.17, 15) is 4.79 Å². The maximum Gasteiger partial charge on any atom is 0.336 e. The largest absolute Gasteiger partial charge is 0.423 e. The van der Waals surface area contributed by atoms with Crippen LogP contribution in [0.2, 0.25) is 0 Å². The second-order valence-electron chi connectivity index (χ2n) is 7.16. The third-order valence-corrected chi connectivity index (χ3v) is 6.00. The van der Waals surface area contributed by atoms with Gasteiger partial charge in [0.05, 0.1) is 6.10 Å². The topological polar surface area (TPSA) is 42.7 Å². The van der Waals surface area contributed by atoms with Gasteiger partial charge in [-0.25, -0.2) is 4.79 Å². The molecule has 1 fully saturated rings. The summed E-state index contributed by atoms with van der Waals surface area (Å²) < 4.78 is 11.3. The van der Waals surface area contributed by atoms with Crippen LogP contribution in [0.25, 0.3) is 11.0 Å². The predicted octanol–water partition coefficient (Wildman–Crippen LogP) is 4.60. The van der Waals surface area contributed by atoms with Gasteiger partial charge < -0.3 is 9.15 Å². The molecule has 142 valence electrons. The summed E-state index contributed by atoms with van der Waals surface area (Å²) in [5.41, 5.74) is 2.61. The first kappa shape index (κ1) is 18.4. The van der Waals surface area contributed by atoms with Gasteiger partial charge in [0.15, 0.2) is 0 Å². The zero-order valence-electron chi connectivity index (χ0n) is 15.6. The number of ether oxygens (including phenoxy) is 1. The molecule has 5 heteroatoms. The minimum Gasteiger partial charge on any atom is -0.423 e. The molecule has 3 heterocycles. The van der Waals surface area contributed by atoms with E-state index in [0.29, 0.717) is 12.1 Å². The lowest BCUT2D eigenvalue weighted by atomic mass is 10.1. The molecular formula is C22H25NO3S. The predicted molar refractivity (Wildman–Crippen MR) is 109 cm³/mol. The van der Waals surface area contributed by atoms with Crippen LogP contribution in [-0.2, 0) is 24.2 Å². The van der Waals surface area contributed by atoms with Crippen LogP contribution in [0.5, 0.6) is 0 Å². The van der Waals surface area contributed by atoms with Crippen molar-refractivity contribution in [2.24, 2.45) is 0 Å². The first-order chi connectivity index (χ1) is 13.2. The number of rotatable bonds is 7. The SMILES string of the molecule is CCc1ccc2c(CN(Cc3cccs3)C[C@H]3CCCO3)cc(=O)oc2c1. The van der Waals surface area contributed by atoms with Crippen LogP contribution < -0.4 is 5.63 Å². The number of benzene rings is 1. The van der Waals surface area contributed by atoms with Gasteiger partial charge in [0.2, 0.25) is 0 Å². The van der Waals surface area contributed by atoms with Gasteiger partial charge in [0.1, 0.15) is 5.58 Å². The number of fused-ring (bicyclic) bond motifs is 1. The van der Waals surface area contributed by atoms with Crippen LogP contribution in [0, 0.1) is 0 Å². The van der Waals surface area contributed by atoms with Crippen LogP contribution in [-0.4, -0.2) is 24.2 Å². The zero-order valence-corrected chi connectivity index (χ0v) is 16.5. The molecule has 4 nitrogen and oxygen atoms in total. The Morgan fingerprint density at radius 1 is 1.22 bits per heavy atom. The highest BCUT2D eigenvalue weighted by atomic mass is 32.1. The van der Waals surface area contributed by atoms with Gasteiger partial charge in [-0.1, -0.05) is 25.1 Å². The highest BCUT2D eigenvalue weighted by Crippen LogP contribution is 2.23. The van der Waals surface area contributed by atoms with Crippen LogP contribution in [0.3, 0.4) is 0 Å². The van der Waals surface area contributed by atoms with Crippen LogP contribution in [0.1, 0.15) is 35.8 Å². The van der Waals surface area contributed by atoms with Crippen LogP contribution >= 0.6 is 11.3 Å². The number of aryl methyl sites for hydroxylation is 1. The summed E-state index contributed by atoms with van der Waals surface area (Å²) in [7, 11) is 0. The molecule has 1 atom stereocenters. The Kier molecular flexibility index (Phi) is 5.72. The number of hydrogen-bond acceptors (Lipinski definition) is 5. The van der Waals surface area contributed by atoms with E-state index in [4.69, 9.17) is 9.15 Å². The van der Waals surface area contributed by atoms with Crippen molar-refractivity contribution >= 4 is 22.3 Å². The van der Waals surface area contributed by atoms with E-state index >= 15 is 0 Å².